The van der Waals surface area contributed by atoms with Gasteiger partial charge in [0.15, 0.2) is 5.96 Å². The number of aromatic nitrogens is 1. The van der Waals surface area contributed by atoms with Gasteiger partial charge in [-0.05, 0) is 42.3 Å². The van der Waals surface area contributed by atoms with E-state index in [1.54, 1.807) is 13.2 Å². The molecular weight excluding hydrogens is 342 g/mol. The fraction of sp³-hybridized carbons (Fsp3) is 0.350. The Kier molecular flexibility index (Phi) is 6.62. The van der Waals surface area contributed by atoms with Crippen molar-refractivity contribution in [1.29, 1.82) is 0 Å². The maximum atomic E-state index is 11.4. The van der Waals surface area contributed by atoms with Crippen molar-refractivity contribution in [3.8, 4) is 5.75 Å². The largest absolute Gasteiger partial charge is 0.492 e. The van der Waals surface area contributed by atoms with Gasteiger partial charge in [-0.3, -0.25) is 14.8 Å². The topological polar surface area (TPSA) is 87.6 Å². The number of anilines is 1. The van der Waals surface area contributed by atoms with Crippen LogP contribution in [0.15, 0.2) is 47.6 Å². The highest BCUT2D eigenvalue weighted by molar-refractivity contribution is 5.94. The number of carbonyl (C=O) groups excluding carboxylic acids is 1. The maximum Gasteiger partial charge on any atom is 0.224 e. The molecule has 0 saturated heterocycles. The molecule has 7 heteroatoms. The van der Waals surface area contributed by atoms with E-state index >= 15 is 0 Å². The fourth-order valence-electron chi connectivity index (χ4n) is 2.86. The van der Waals surface area contributed by atoms with Crippen LogP contribution in [0.4, 0.5) is 5.69 Å². The smallest absolute Gasteiger partial charge is 0.224 e. The number of amides is 1. The van der Waals surface area contributed by atoms with E-state index in [1.807, 2.05) is 36.4 Å². The van der Waals surface area contributed by atoms with Crippen LogP contribution in [0.3, 0.4) is 0 Å². The minimum Gasteiger partial charge on any atom is -0.492 e. The normalized spacial score (nSPS) is 13.5. The molecule has 1 aromatic heterocycles. The Morgan fingerprint density at radius 1 is 1.22 bits per heavy atom. The van der Waals surface area contributed by atoms with Crippen molar-refractivity contribution < 1.29 is 9.53 Å². The predicted octanol–water partition coefficient (Wildman–Crippen LogP) is 1.75. The molecule has 27 heavy (non-hydrogen) atoms. The number of nitrogens with zero attached hydrogens (tertiary/aromatic N) is 2. The van der Waals surface area contributed by atoms with Gasteiger partial charge >= 0.3 is 0 Å². The Morgan fingerprint density at radius 3 is 2.93 bits per heavy atom. The first-order valence-corrected chi connectivity index (χ1v) is 9.14. The zero-order chi connectivity index (χ0) is 18.9. The SMILES string of the molecule is CN=C(NCCOc1ccc2c(c1)CCC(=O)N2)NCCc1ccccn1. The highest BCUT2D eigenvalue weighted by Gasteiger charge is 2.14. The van der Waals surface area contributed by atoms with E-state index in [0.717, 1.165) is 48.0 Å². The van der Waals surface area contributed by atoms with E-state index in [2.05, 4.69) is 25.9 Å². The second-order valence-electron chi connectivity index (χ2n) is 6.21. The number of carbonyl (C=O) groups is 1. The fourth-order valence-corrected chi connectivity index (χ4v) is 2.86. The number of aryl methyl sites for hydroxylation is 1. The van der Waals surface area contributed by atoms with Crippen molar-refractivity contribution in [2.75, 3.05) is 32.1 Å². The summed E-state index contributed by atoms with van der Waals surface area (Å²) in [5, 5.41) is 9.37. The first-order chi connectivity index (χ1) is 13.2. The summed E-state index contributed by atoms with van der Waals surface area (Å²) in [6.45, 7) is 1.91. The van der Waals surface area contributed by atoms with E-state index in [4.69, 9.17) is 4.74 Å². The summed E-state index contributed by atoms with van der Waals surface area (Å²) in [6.07, 6.45) is 3.92. The molecule has 2 aromatic rings. The van der Waals surface area contributed by atoms with Gasteiger partial charge in [0.05, 0.1) is 6.54 Å². The first-order valence-electron chi connectivity index (χ1n) is 9.14. The molecule has 142 valence electrons. The van der Waals surface area contributed by atoms with Gasteiger partial charge in [0.1, 0.15) is 12.4 Å². The Hall–Kier alpha value is -3.09. The lowest BCUT2D eigenvalue weighted by molar-refractivity contribution is -0.116. The number of benzene rings is 1. The molecule has 0 spiro atoms. The molecule has 1 aliphatic rings. The Balaban J connectivity index is 1.37. The molecule has 3 rings (SSSR count). The van der Waals surface area contributed by atoms with Gasteiger partial charge in [0, 0.05) is 44.0 Å². The molecule has 0 fully saturated rings. The van der Waals surface area contributed by atoms with Gasteiger partial charge in [0.25, 0.3) is 0 Å². The monoisotopic (exact) mass is 367 g/mol. The summed E-state index contributed by atoms with van der Waals surface area (Å²) in [4.78, 5) is 19.9. The third-order valence-corrected chi connectivity index (χ3v) is 4.26. The minimum atomic E-state index is 0.0716. The van der Waals surface area contributed by atoms with Crippen LogP contribution in [0.5, 0.6) is 5.75 Å². The second-order valence-corrected chi connectivity index (χ2v) is 6.21. The number of pyridine rings is 1. The molecule has 1 aromatic carbocycles. The van der Waals surface area contributed by atoms with Crippen LogP contribution in [0, 0.1) is 0 Å². The molecule has 1 amide bonds. The zero-order valence-electron chi connectivity index (χ0n) is 15.5. The second kappa shape index (κ2) is 9.56. The number of fused-ring (bicyclic) bond motifs is 1. The van der Waals surface area contributed by atoms with Gasteiger partial charge in [-0.15, -0.1) is 0 Å². The summed E-state index contributed by atoms with van der Waals surface area (Å²) in [7, 11) is 1.74. The highest BCUT2D eigenvalue weighted by atomic mass is 16.5. The Labute approximate surface area is 159 Å². The summed E-state index contributed by atoms with van der Waals surface area (Å²) < 4.78 is 5.80. The molecular formula is C20H25N5O2. The van der Waals surface area contributed by atoms with E-state index in [0.29, 0.717) is 19.6 Å². The molecule has 0 saturated carbocycles. The van der Waals surface area contributed by atoms with Crippen LogP contribution in [0.1, 0.15) is 17.7 Å². The molecule has 0 unspecified atom stereocenters. The van der Waals surface area contributed by atoms with Crippen LogP contribution < -0.4 is 20.7 Å². The average Bonchev–Trinajstić information content (AvgIpc) is 2.70. The van der Waals surface area contributed by atoms with Crippen molar-refractivity contribution in [2.45, 2.75) is 19.3 Å². The summed E-state index contributed by atoms with van der Waals surface area (Å²) in [5.41, 5.74) is 3.05. The molecule has 0 radical (unpaired) electrons. The molecule has 0 bridgehead atoms. The van der Waals surface area contributed by atoms with E-state index in [-0.39, 0.29) is 5.91 Å². The van der Waals surface area contributed by atoms with E-state index in [1.165, 1.54) is 0 Å². The van der Waals surface area contributed by atoms with Gasteiger partial charge < -0.3 is 20.7 Å². The number of hydrogen-bond donors (Lipinski definition) is 3. The van der Waals surface area contributed by atoms with E-state index in [9.17, 15) is 4.79 Å². The average molecular weight is 367 g/mol. The summed E-state index contributed by atoms with van der Waals surface area (Å²) in [5.74, 6) is 1.62. The van der Waals surface area contributed by atoms with Gasteiger partial charge in [-0.2, -0.15) is 0 Å². The standard InChI is InChI=1S/C20H25N5O2/c1-21-20(23-11-9-16-4-2-3-10-22-16)24-12-13-27-17-6-7-18-15(14-17)5-8-19(26)25-18/h2-4,6-7,10,14H,5,8-9,11-13H2,1H3,(H,25,26)(H2,21,23,24). The predicted molar refractivity (Wildman–Crippen MR) is 106 cm³/mol. The number of nitrogens with one attached hydrogen (secondary N) is 3. The first kappa shape index (κ1) is 18.7. The Bertz CT molecular complexity index is 792. The van der Waals surface area contributed by atoms with Crippen molar-refractivity contribution >= 4 is 17.6 Å². The quantitative estimate of drug-likeness (QED) is 0.394. The number of rotatable bonds is 7. The molecule has 1 aliphatic heterocycles. The lowest BCUT2D eigenvalue weighted by Gasteiger charge is -2.18. The van der Waals surface area contributed by atoms with Gasteiger partial charge in [0.2, 0.25) is 5.91 Å². The van der Waals surface area contributed by atoms with Crippen molar-refractivity contribution in [3.63, 3.8) is 0 Å². The summed E-state index contributed by atoms with van der Waals surface area (Å²) in [6, 6.07) is 11.7. The third kappa shape index (κ3) is 5.70. The molecule has 0 aliphatic carbocycles. The van der Waals surface area contributed by atoms with Crippen LogP contribution >= 0.6 is 0 Å². The summed E-state index contributed by atoms with van der Waals surface area (Å²) >= 11 is 0. The zero-order valence-corrected chi connectivity index (χ0v) is 15.5. The number of guanidine groups is 1. The lowest BCUT2D eigenvalue weighted by Crippen LogP contribution is -2.40. The number of hydrogen-bond acceptors (Lipinski definition) is 4. The van der Waals surface area contributed by atoms with Crippen molar-refractivity contribution in [2.24, 2.45) is 4.99 Å². The van der Waals surface area contributed by atoms with E-state index < -0.39 is 0 Å². The number of ether oxygens (including phenoxy) is 1. The van der Waals surface area contributed by atoms with Crippen LogP contribution in [-0.4, -0.2) is 43.6 Å². The van der Waals surface area contributed by atoms with Crippen LogP contribution in [0.2, 0.25) is 0 Å². The van der Waals surface area contributed by atoms with Crippen molar-refractivity contribution in [3.05, 3.63) is 53.9 Å². The minimum absolute atomic E-state index is 0.0716. The van der Waals surface area contributed by atoms with Gasteiger partial charge in [-0.1, -0.05) is 6.07 Å². The molecule has 0 atom stereocenters. The molecule has 2 heterocycles. The number of aliphatic imine (C=N–C) groups is 1. The highest BCUT2D eigenvalue weighted by Crippen LogP contribution is 2.26. The van der Waals surface area contributed by atoms with Crippen molar-refractivity contribution in [1.82, 2.24) is 15.6 Å². The van der Waals surface area contributed by atoms with Crippen LogP contribution in [0.25, 0.3) is 0 Å². The Morgan fingerprint density at radius 2 is 2.11 bits per heavy atom. The third-order valence-electron chi connectivity index (χ3n) is 4.26. The lowest BCUT2D eigenvalue weighted by atomic mass is 10.0. The molecule has 7 nitrogen and oxygen atoms in total. The van der Waals surface area contributed by atoms with Gasteiger partial charge in [-0.25, -0.2) is 0 Å². The molecule has 3 N–H and O–H groups in total. The maximum absolute atomic E-state index is 11.4. The van der Waals surface area contributed by atoms with Crippen LogP contribution in [-0.2, 0) is 17.6 Å².